The molecule has 7 heteroatoms. The Hall–Kier alpha value is 4.48. The molecule has 0 bridgehead atoms. The topological polar surface area (TPSA) is 0 Å². The third-order valence-electron chi connectivity index (χ3n) is 0. The summed E-state index contributed by atoms with van der Waals surface area (Å²) in [4.78, 5) is 0. The summed E-state index contributed by atoms with van der Waals surface area (Å²) in [5.41, 5.74) is 0. The molecule has 0 radical (unpaired) electrons. The monoisotopic (exact) mass is 528 g/mol. The molecule has 7 heavy (non-hydrogen) atoms. The summed E-state index contributed by atoms with van der Waals surface area (Å²) in [6.45, 7) is 0. The Morgan fingerprint density at radius 3 is 0.857 bits per heavy atom. The first-order valence-corrected chi connectivity index (χ1v) is 0. The van der Waals surface area contributed by atoms with Gasteiger partial charge in [-0.05, 0) is 0 Å². The fourth-order valence-corrected chi connectivity index (χ4v) is 0. The molecule has 0 saturated carbocycles. The third-order valence-corrected chi connectivity index (χ3v) is 0. The SMILES string of the molecule is P.[AlH3].[AsH3].[GaH3].[GaH3].[InH3].[SbH3]. The molecule has 0 spiro atoms. The molecular formula is H21AlAsGa2InPSb. The predicted molar refractivity (Wildman–Crippen MR) is 70.7 cm³/mol. The Morgan fingerprint density at radius 1 is 0.857 bits per heavy atom. The maximum absolute atomic E-state index is 0. The van der Waals surface area contributed by atoms with Gasteiger partial charge < -0.3 is 0 Å². The van der Waals surface area contributed by atoms with Crippen molar-refractivity contribution >= 4 is 135 Å². The fraction of sp³-hybridized carbons (Fsp3) is 0. The zero-order chi connectivity index (χ0) is 0. The maximum atomic E-state index is 0. The van der Waals surface area contributed by atoms with Crippen LogP contribution in [-0.4, -0.2) is 125 Å². The van der Waals surface area contributed by atoms with E-state index in [1.54, 1.807) is 0 Å². The van der Waals surface area contributed by atoms with E-state index in [-0.39, 0.29) is 135 Å². The second kappa shape index (κ2) is 46.9. The van der Waals surface area contributed by atoms with Crippen molar-refractivity contribution in [2.75, 3.05) is 0 Å². The van der Waals surface area contributed by atoms with Gasteiger partial charge in [0.1, 0.15) is 0 Å². The first kappa shape index (κ1) is 62.8. The van der Waals surface area contributed by atoms with Gasteiger partial charge in [-0.1, -0.05) is 0 Å². The Balaban J connectivity index is 0. The molecule has 0 saturated heterocycles. The summed E-state index contributed by atoms with van der Waals surface area (Å²) in [5, 5.41) is 0. The van der Waals surface area contributed by atoms with Crippen molar-refractivity contribution < 1.29 is 0 Å². The molecule has 2 atom stereocenters. The average molecular weight is 530 g/mol. The Bertz CT molecular complexity index is 17.7. The standard InChI is InChI=1S/Al.AsH3.2Ga.In.H3P.Sb.15H/h;1H3;;;;1H3;;;;;;;;;;;;;;;;. The van der Waals surface area contributed by atoms with Crippen LogP contribution in [-0.2, 0) is 0 Å². The normalized spacial score (nSPS) is 0. The molecule has 0 N–H and O–H groups in total. The summed E-state index contributed by atoms with van der Waals surface area (Å²) in [5.74, 6) is 0. The van der Waals surface area contributed by atoms with Gasteiger partial charge in [0.25, 0.3) is 0 Å². The van der Waals surface area contributed by atoms with Gasteiger partial charge in [0.2, 0.25) is 0 Å². The van der Waals surface area contributed by atoms with Crippen LogP contribution in [0.1, 0.15) is 0 Å². The predicted octanol–water partition coefficient (Wildman–Crippen LogP) is -7.05. The molecule has 0 heterocycles. The van der Waals surface area contributed by atoms with Gasteiger partial charge in [0.05, 0.1) is 0 Å². The Kier molecular flexibility index (Phi) is 421. The van der Waals surface area contributed by atoms with Gasteiger partial charge in [0.15, 0.2) is 17.4 Å². The van der Waals surface area contributed by atoms with E-state index in [1.807, 2.05) is 0 Å². The summed E-state index contributed by atoms with van der Waals surface area (Å²) < 4.78 is 0. The van der Waals surface area contributed by atoms with Crippen LogP contribution < -0.4 is 0 Å². The van der Waals surface area contributed by atoms with Gasteiger partial charge in [-0.15, -0.1) is 0 Å². The molecule has 0 aromatic heterocycles. The molecule has 0 aromatic rings. The van der Waals surface area contributed by atoms with Crippen LogP contribution in [0, 0.1) is 0 Å². The fourth-order valence-electron chi connectivity index (χ4n) is 0. The molecule has 0 aliphatic heterocycles. The summed E-state index contributed by atoms with van der Waals surface area (Å²) in [6.07, 6.45) is 0. The van der Waals surface area contributed by atoms with Crippen molar-refractivity contribution in [3.63, 3.8) is 0 Å². The van der Waals surface area contributed by atoms with Crippen molar-refractivity contribution in [2.45, 2.75) is 0 Å². The molecule has 0 aliphatic rings. The van der Waals surface area contributed by atoms with Gasteiger partial charge >= 0.3 is 108 Å². The van der Waals surface area contributed by atoms with Gasteiger partial charge in [-0.25, -0.2) is 0 Å². The van der Waals surface area contributed by atoms with E-state index in [9.17, 15) is 0 Å². The van der Waals surface area contributed by atoms with E-state index in [1.165, 1.54) is 0 Å². The van der Waals surface area contributed by atoms with E-state index in [0.717, 1.165) is 0 Å². The van der Waals surface area contributed by atoms with E-state index < -0.39 is 0 Å². The number of rotatable bonds is 0. The van der Waals surface area contributed by atoms with Crippen LogP contribution in [0.2, 0.25) is 0 Å². The summed E-state index contributed by atoms with van der Waals surface area (Å²) >= 11 is 0. The first-order valence-electron chi connectivity index (χ1n) is 0. The van der Waals surface area contributed by atoms with Gasteiger partial charge in [-0.3, -0.25) is 0 Å². The van der Waals surface area contributed by atoms with Crippen molar-refractivity contribution in [1.29, 1.82) is 0 Å². The average Bonchev–Trinajstić information content (AvgIpc) is 0. The van der Waals surface area contributed by atoms with Crippen LogP contribution in [0.15, 0.2) is 0 Å². The van der Waals surface area contributed by atoms with E-state index in [0.29, 0.717) is 0 Å². The van der Waals surface area contributed by atoms with Crippen molar-refractivity contribution in [3.05, 3.63) is 0 Å². The van der Waals surface area contributed by atoms with Crippen LogP contribution in [0.5, 0.6) is 0 Å². The first-order chi connectivity index (χ1) is 0. The molecule has 0 rings (SSSR count). The van der Waals surface area contributed by atoms with Crippen LogP contribution in [0.25, 0.3) is 0 Å². The molecular weight excluding hydrogens is 509 g/mol. The Labute approximate surface area is 132 Å². The molecule has 0 aromatic carbocycles. The molecule has 0 aliphatic carbocycles. The van der Waals surface area contributed by atoms with E-state index >= 15 is 0 Å². The van der Waals surface area contributed by atoms with Gasteiger partial charge in [0, 0.05) is 0 Å². The molecule has 2 unspecified atom stereocenters. The van der Waals surface area contributed by atoms with Crippen molar-refractivity contribution in [1.82, 2.24) is 0 Å². The van der Waals surface area contributed by atoms with Crippen molar-refractivity contribution in [2.24, 2.45) is 0 Å². The van der Waals surface area contributed by atoms with E-state index in [4.69, 9.17) is 0 Å². The molecule has 0 fully saturated rings. The summed E-state index contributed by atoms with van der Waals surface area (Å²) in [6, 6.07) is 0. The van der Waals surface area contributed by atoms with Gasteiger partial charge in [-0.2, -0.15) is 9.90 Å². The zero-order valence-corrected chi connectivity index (χ0v) is 10.5. The van der Waals surface area contributed by atoms with E-state index in [2.05, 4.69) is 0 Å². The second-order valence-electron chi connectivity index (χ2n) is 0. The summed E-state index contributed by atoms with van der Waals surface area (Å²) in [7, 11) is 0. The second-order valence-corrected chi connectivity index (χ2v) is 0. The van der Waals surface area contributed by atoms with Crippen LogP contribution >= 0.6 is 9.90 Å². The number of hydrogen-bond acceptors (Lipinski definition) is 0. The third kappa shape index (κ3) is 37.5. The molecule has 48 valence electrons. The van der Waals surface area contributed by atoms with Crippen molar-refractivity contribution in [3.8, 4) is 0 Å². The Morgan fingerprint density at radius 2 is 0.857 bits per heavy atom. The quantitative estimate of drug-likeness (QED) is 0.216. The molecule has 0 amide bonds. The number of hydrogen-bond donors (Lipinski definition) is 0. The van der Waals surface area contributed by atoms with Crippen LogP contribution in [0.4, 0.5) is 0 Å². The minimum absolute atomic E-state index is 0. The minimum atomic E-state index is 0. The molecule has 0 nitrogen and oxygen atoms in total. The zero-order valence-electron chi connectivity index (χ0n) is 2.12. The van der Waals surface area contributed by atoms with Crippen LogP contribution in [0.3, 0.4) is 0 Å².